The van der Waals surface area contributed by atoms with Gasteiger partial charge in [-0.15, -0.1) is 0 Å². The summed E-state index contributed by atoms with van der Waals surface area (Å²) in [5.41, 5.74) is 5.57. The maximum atomic E-state index is 13.5. The van der Waals surface area contributed by atoms with Crippen LogP contribution in [0.15, 0.2) is 91.0 Å². The van der Waals surface area contributed by atoms with E-state index < -0.39 is 0 Å². The van der Waals surface area contributed by atoms with Crippen molar-refractivity contribution in [1.82, 2.24) is 0 Å². The molecule has 0 N–H and O–H groups in total. The van der Waals surface area contributed by atoms with Crippen molar-refractivity contribution in [1.29, 1.82) is 0 Å². The molecule has 0 heterocycles. The van der Waals surface area contributed by atoms with Crippen LogP contribution < -0.4 is 9.47 Å². The molecule has 0 amide bonds. The highest BCUT2D eigenvalue weighted by molar-refractivity contribution is 6.08. The summed E-state index contributed by atoms with van der Waals surface area (Å²) in [7, 11) is 3.28. The van der Waals surface area contributed by atoms with Gasteiger partial charge in [-0.1, -0.05) is 78.9 Å². The predicted molar refractivity (Wildman–Crippen MR) is 132 cm³/mol. The van der Waals surface area contributed by atoms with Gasteiger partial charge >= 0.3 is 5.97 Å². The normalized spacial score (nSPS) is 10.5. The van der Waals surface area contributed by atoms with Crippen LogP contribution in [0.4, 0.5) is 0 Å². The first kappa shape index (κ1) is 22.2. The van der Waals surface area contributed by atoms with Crippen molar-refractivity contribution in [3.05, 3.63) is 96.6 Å². The molecule has 33 heavy (non-hydrogen) atoms. The number of ether oxygens (including phenoxy) is 3. The molecule has 4 aromatic carbocycles. The average Bonchev–Trinajstić information content (AvgIpc) is 2.88. The van der Waals surface area contributed by atoms with E-state index in [1.54, 1.807) is 14.2 Å². The number of carbonyl (C=O) groups is 1. The van der Waals surface area contributed by atoms with Gasteiger partial charge in [0.05, 0.1) is 26.4 Å². The van der Waals surface area contributed by atoms with Crippen LogP contribution in [-0.2, 0) is 4.74 Å². The highest BCUT2D eigenvalue weighted by Crippen LogP contribution is 2.44. The fourth-order valence-corrected chi connectivity index (χ4v) is 4.11. The summed E-state index contributed by atoms with van der Waals surface area (Å²) in [5.74, 6) is 1.04. The van der Waals surface area contributed by atoms with Crippen LogP contribution in [-0.4, -0.2) is 26.8 Å². The number of benzene rings is 4. The topological polar surface area (TPSA) is 44.8 Å². The molecule has 4 rings (SSSR count). The number of esters is 1. The summed E-state index contributed by atoms with van der Waals surface area (Å²) in [4.78, 5) is 13.5. The fraction of sp³-hybridized carbons (Fsp3) is 0.138. The predicted octanol–water partition coefficient (Wildman–Crippen LogP) is 6.88. The Morgan fingerprint density at radius 1 is 0.636 bits per heavy atom. The van der Waals surface area contributed by atoms with Gasteiger partial charge < -0.3 is 14.2 Å². The van der Waals surface area contributed by atoms with Crippen LogP contribution in [0, 0.1) is 0 Å². The van der Waals surface area contributed by atoms with Crippen LogP contribution in [0.3, 0.4) is 0 Å². The molecule has 0 spiro atoms. The van der Waals surface area contributed by atoms with E-state index in [4.69, 9.17) is 14.2 Å². The van der Waals surface area contributed by atoms with Gasteiger partial charge in [-0.3, -0.25) is 0 Å². The Labute approximate surface area is 194 Å². The summed E-state index contributed by atoms with van der Waals surface area (Å²) in [6.07, 6.45) is 0. The number of para-hydroxylation sites is 2. The minimum atomic E-state index is -0.381. The fourth-order valence-electron chi connectivity index (χ4n) is 4.11. The number of methoxy groups -OCH3 is 2. The zero-order valence-corrected chi connectivity index (χ0v) is 19.0. The Balaban J connectivity index is 2.13. The van der Waals surface area contributed by atoms with Crippen LogP contribution in [0.5, 0.6) is 11.5 Å². The van der Waals surface area contributed by atoms with E-state index >= 15 is 0 Å². The molecule has 0 fully saturated rings. The van der Waals surface area contributed by atoms with Crippen LogP contribution in [0.2, 0.25) is 0 Å². The second-order valence-corrected chi connectivity index (χ2v) is 7.40. The van der Waals surface area contributed by atoms with Crippen LogP contribution >= 0.6 is 0 Å². The molecule has 4 aromatic rings. The first-order valence-electron chi connectivity index (χ1n) is 10.9. The molecular weight excluding hydrogens is 412 g/mol. The molecule has 0 unspecified atom stereocenters. The Morgan fingerprint density at radius 3 is 1.73 bits per heavy atom. The molecule has 0 aliphatic carbocycles. The van der Waals surface area contributed by atoms with E-state index in [0.717, 1.165) is 39.1 Å². The van der Waals surface area contributed by atoms with E-state index in [0.29, 0.717) is 11.3 Å². The highest BCUT2D eigenvalue weighted by atomic mass is 16.5. The number of rotatable bonds is 7. The molecule has 0 aromatic heterocycles. The minimum Gasteiger partial charge on any atom is -0.496 e. The Hall–Kier alpha value is -4.05. The SMILES string of the molecule is CCOC(=O)c1c(-c2ccccc2OC)ccc(-c2ccccc2OC)c1-c1ccccc1. The van der Waals surface area contributed by atoms with E-state index in [9.17, 15) is 4.79 Å². The van der Waals surface area contributed by atoms with Gasteiger partial charge in [0.15, 0.2) is 0 Å². The van der Waals surface area contributed by atoms with Crippen LogP contribution in [0.25, 0.3) is 33.4 Å². The number of hydrogen-bond acceptors (Lipinski definition) is 4. The number of carbonyl (C=O) groups excluding carboxylic acids is 1. The average molecular weight is 439 g/mol. The molecule has 0 aliphatic heterocycles. The zero-order valence-electron chi connectivity index (χ0n) is 19.0. The van der Waals surface area contributed by atoms with Gasteiger partial charge in [-0.2, -0.15) is 0 Å². The van der Waals surface area contributed by atoms with Gasteiger partial charge in [0, 0.05) is 22.3 Å². The van der Waals surface area contributed by atoms with Crippen molar-refractivity contribution < 1.29 is 19.0 Å². The van der Waals surface area contributed by atoms with Crippen molar-refractivity contribution in [3.63, 3.8) is 0 Å². The van der Waals surface area contributed by atoms with Gasteiger partial charge in [0.2, 0.25) is 0 Å². The zero-order chi connectivity index (χ0) is 23.2. The molecule has 0 saturated heterocycles. The molecule has 0 atom stereocenters. The van der Waals surface area contributed by atoms with E-state index in [-0.39, 0.29) is 12.6 Å². The third-order valence-electron chi connectivity index (χ3n) is 5.54. The standard InChI is InChI=1S/C29H26O4/c1-4-33-29(30)28-24(22-15-9-11-17-26(22)32-3)19-18-23(21-14-8-10-16-25(21)31-2)27(28)20-12-6-5-7-13-20/h5-19H,4H2,1-3H3. The summed E-state index contributed by atoms with van der Waals surface area (Å²) in [6.45, 7) is 2.09. The third-order valence-corrected chi connectivity index (χ3v) is 5.54. The molecule has 0 aliphatic rings. The molecule has 0 saturated carbocycles. The molecular formula is C29H26O4. The van der Waals surface area contributed by atoms with Gasteiger partial charge in [-0.25, -0.2) is 4.79 Å². The molecule has 166 valence electrons. The highest BCUT2D eigenvalue weighted by Gasteiger charge is 2.25. The Kier molecular flexibility index (Phi) is 6.75. The van der Waals surface area contributed by atoms with E-state index in [2.05, 4.69) is 0 Å². The first-order chi connectivity index (χ1) is 16.2. The molecule has 0 radical (unpaired) electrons. The number of hydrogen-bond donors (Lipinski definition) is 0. The van der Waals surface area contributed by atoms with Crippen molar-refractivity contribution in [2.24, 2.45) is 0 Å². The van der Waals surface area contributed by atoms with Gasteiger partial charge in [0.25, 0.3) is 0 Å². The van der Waals surface area contributed by atoms with E-state index in [1.165, 1.54) is 0 Å². The smallest absolute Gasteiger partial charge is 0.339 e. The monoisotopic (exact) mass is 438 g/mol. The quantitative estimate of drug-likeness (QED) is 0.295. The van der Waals surface area contributed by atoms with Gasteiger partial charge in [0.1, 0.15) is 11.5 Å². The molecule has 4 nitrogen and oxygen atoms in total. The lowest BCUT2D eigenvalue weighted by Crippen LogP contribution is -2.10. The van der Waals surface area contributed by atoms with Crippen molar-refractivity contribution >= 4 is 5.97 Å². The second-order valence-electron chi connectivity index (χ2n) is 7.40. The summed E-state index contributed by atoms with van der Waals surface area (Å²) in [5, 5.41) is 0. The maximum absolute atomic E-state index is 13.5. The summed E-state index contributed by atoms with van der Waals surface area (Å²) in [6, 6.07) is 29.4. The maximum Gasteiger partial charge on any atom is 0.339 e. The lowest BCUT2D eigenvalue weighted by atomic mass is 9.85. The van der Waals surface area contributed by atoms with Crippen molar-refractivity contribution in [2.45, 2.75) is 6.92 Å². The molecule has 0 bridgehead atoms. The van der Waals surface area contributed by atoms with Crippen molar-refractivity contribution in [3.8, 4) is 44.9 Å². The lowest BCUT2D eigenvalue weighted by molar-refractivity contribution is 0.0528. The van der Waals surface area contributed by atoms with Crippen LogP contribution in [0.1, 0.15) is 17.3 Å². The Morgan fingerprint density at radius 2 is 1.15 bits per heavy atom. The second kappa shape index (κ2) is 10.0. The lowest BCUT2D eigenvalue weighted by Gasteiger charge is -2.21. The first-order valence-corrected chi connectivity index (χ1v) is 10.9. The minimum absolute atomic E-state index is 0.275. The Bertz CT molecular complexity index is 1260. The summed E-state index contributed by atoms with van der Waals surface area (Å²) >= 11 is 0. The third kappa shape index (κ3) is 4.33. The van der Waals surface area contributed by atoms with E-state index in [1.807, 2.05) is 97.9 Å². The van der Waals surface area contributed by atoms with Gasteiger partial charge in [-0.05, 0) is 30.2 Å². The summed E-state index contributed by atoms with van der Waals surface area (Å²) < 4.78 is 16.8. The largest absolute Gasteiger partial charge is 0.496 e. The van der Waals surface area contributed by atoms with Crippen molar-refractivity contribution in [2.75, 3.05) is 20.8 Å². The molecule has 4 heteroatoms.